The van der Waals surface area contributed by atoms with E-state index in [2.05, 4.69) is 11.8 Å². The first-order valence-electron chi connectivity index (χ1n) is 6.13. The third-order valence-electron chi connectivity index (χ3n) is 4.09. The summed E-state index contributed by atoms with van der Waals surface area (Å²) < 4.78 is 0. The molecule has 0 spiro atoms. The molecule has 0 aromatic rings. The lowest BCUT2D eigenvalue weighted by atomic mass is 9.89. The first kappa shape index (κ1) is 10.9. The number of hydrogen-bond donors (Lipinski definition) is 1. The lowest BCUT2D eigenvalue weighted by molar-refractivity contribution is -0.152. The molecule has 3 heteroatoms. The molecular formula is C12H21NO2. The molecule has 1 saturated heterocycles. The maximum atomic E-state index is 11.5. The van der Waals surface area contributed by atoms with Crippen LogP contribution in [0.15, 0.2) is 0 Å². The first-order chi connectivity index (χ1) is 7.15. The molecule has 0 aromatic heterocycles. The van der Waals surface area contributed by atoms with Crippen molar-refractivity contribution >= 4 is 5.97 Å². The highest BCUT2D eigenvalue weighted by molar-refractivity contribution is 5.79. The zero-order chi connectivity index (χ0) is 10.9. The molecule has 86 valence electrons. The quantitative estimate of drug-likeness (QED) is 0.760. The van der Waals surface area contributed by atoms with E-state index in [1.54, 1.807) is 0 Å². The summed E-state index contributed by atoms with van der Waals surface area (Å²) in [5.74, 6) is 0.0738. The van der Waals surface area contributed by atoms with Crippen LogP contribution in [0.1, 0.15) is 45.4 Å². The van der Waals surface area contributed by atoms with E-state index in [1.165, 1.54) is 6.42 Å². The Balaban J connectivity index is 2.13. The van der Waals surface area contributed by atoms with Gasteiger partial charge in [0, 0.05) is 6.54 Å². The number of nitrogens with zero attached hydrogens (tertiary/aromatic N) is 1. The van der Waals surface area contributed by atoms with Crippen LogP contribution in [0.3, 0.4) is 0 Å². The van der Waals surface area contributed by atoms with Gasteiger partial charge in [0.2, 0.25) is 0 Å². The number of piperidine rings is 1. The highest BCUT2D eigenvalue weighted by atomic mass is 16.4. The van der Waals surface area contributed by atoms with Crippen LogP contribution in [-0.4, -0.2) is 34.6 Å². The van der Waals surface area contributed by atoms with Gasteiger partial charge in [0.1, 0.15) is 5.54 Å². The molecule has 0 bridgehead atoms. The monoisotopic (exact) mass is 211 g/mol. The van der Waals surface area contributed by atoms with E-state index in [1.807, 2.05) is 0 Å². The number of rotatable bonds is 2. The van der Waals surface area contributed by atoms with Gasteiger partial charge in [0.15, 0.2) is 0 Å². The summed E-state index contributed by atoms with van der Waals surface area (Å²) in [6.45, 7) is 4.19. The highest BCUT2D eigenvalue weighted by Crippen LogP contribution is 2.37. The van der Waals surface area contributed by atoms with Crippen molar-refractivity contribution in [3.63, 3.8) is 0 Å². The Morgan fingerprint density at radius 2 is 2.00 bits per heavy atom. The zero-order valence-corrected chi connectivity index (χ0v) is 9.54. The van der Waals surface area contributed by atoms with Crippen LogP contribution in [0.25, 0.3) is 0 Å². The molecule has 3 nitrogen and oxygen atoms in total. The third kappa shape index (κ3) is 1.89. The average molecular weight is 211 g/mol. The van der Waals surface area contributed by atoms with Crippen LogP contribution in [-0.2, 0) is 4.79 Å². The van der Waals surface area contributed by atoms with Gasteiger partial charge in [0.05, 0.1) is 0 Å². The van der Waals surface area contributed by atoms with E-state index in [9.17, 15) is 9.90 Å². The summed E-state index contributed by atoms with van der Waals surface area (Å²) in [5, 5.41) is 9.46. The largest absolute Gasteiger partial charge is 0.480 e. The van der Waals surface area contributed by atoms with Gasteiger partial charge in [0.25, 0.3) is 0 Å². The molecule has 1 N–H and O–H groups in total. The molecule has 15 heavy (non-hydrogen) atoms. The Bertz CT molecular complexity index is 246. The number of likely N-dealkylation sites (tertiary alicyclic amines) is 1. The molecule has 2 fully saturated rings. The van der Waals surface area contributed by atoms with Crippen molar-refractivity contribution in [2.24, 2.45) is 5.92 Å². The fourth-order valence-corrected chi connectivity index (χ4v) is 3.20. The molecule has 0 radical (unpaired) electrons. The number of carboxylic acids is 1. The summed E-state index contributed by atoms with van der Waals surface area (Å²) in [5.41, 5.74) is -0.505. The molecular weight excluding hydrogens is 190 g/mol. The number of hydrogen-bond acceptors (Lipinski definition) is 2. The van der Waals surface area contributed by atoms with Crippen molar-refractivity contribution in [1.82, 2.24) is 4.90 Å². The van der Waals surface area contributed by atoms with Crippen LogP contribution in [0.4, 0.5) is 0 Å². The van der Waals surface area contributed by atoms with Gasteiger partial charge in [-0.05, 0) is 38.1 Å². The molecule has 0 amide bonds. The van der Waals surface area contributed by atoms with E-state index in [4.69, 9.17) is 0 Å². The summed E-state index contributed by atoms with van der Waals surface area (Å²) >= 11 is 0. The van der Waals surface area contributed by atoms with Crippen molar-refractivity contribution < 1.29 is 9.90 Å². The Morgan fingerprint density at radius 3 is 2.53 bits per heavy atom. The second kappa shape index (κ2) is 4.12. The molecule has 1 aliphatic carbocycles. The van der Waals surface area contributed by atoms with Gasteiger partial charge in [-0.3, -0.25) is 9.69 Å². The average Bonchev–Trinajstić information content (AvgIpc) is 2.67. The van der Waals surface area contributed by atoms with E-state index in [-0.39, 0.29) is 0 Å². The number of carbonyl (C=O) groups is 1. The summed E-state index contributed by atoms with van der Waals surface area (Å²) in [6, 6.07) is 0. The van der Waals surface area contributed by atoms with Gasteiger partial charge in [-0.15, -0.1) is 0 Å². The minimum absolute atomic E-state index is 0.505. The molecule has 1 aliphatic heterocycles. The minimum Gasteiger partial charge on any atom is -0.480 e. The summed E-state index contributed by atoms with van der Waals surface area (Å²) in [4.78, 5) is 13.7. The number of aliphatic carboxylic acids is 1. The van der Waals surface area contributed by atoms with Crippen LogP contribution < -0.4 is 0 Å². The minimum atomic E-state index is -0.589. The van der Waals surface area contributed by atoms with Gasteiger partial charge in [-0.2, -0.15) is 0 Å². The van der Waals surface area contributed by atoms with Crippen LogP contribution >= 0.6 is 0 Å². The SMILES string of the molecule is CC1CCCN(C2(C(=O)O)CCCC2)C1. The molecule has 2 aliphatic rings. The second-order valence-corrected chi connectivity index (χ2v) is 5.24. The fourth-order valence-electron chi connectivity index (χ4n) is 3.20. The molecule has 1 saturated carbocycles. The van der Waals surface area contributed by atoms with Crippen LogP contribution in [0.2, 0.25) is 0 Å². The van der Waals surface area contributed by atoms with Gasteiger partial charge >= 0.3 is 5.97 Å². The molecule has 1 unspecified atom stereocenters. The highest BCUT2D eigenvalue weighted by Gasteiger charge is 2.47. The smallest absolute Gasteiger partial charge is 0.324 e. The van der Waals surface area contributed by atoms with Crippen LogP contribution in [0.5, 0.6) is 0 Å². The maximum Gasteiger partial charge on any atom is 0.324 e. The predicted octanol–water partition coefficient (Wildman–Crippen LogP) is 2.12. The normalized spacial score (nSPS) is 31.7. The Kier molecular flexibility index (Phi) is 3.01. The first-order valence-corrected chi connectivity index (χ1v) is 6.13. The van der Waals surface area contributed by atoms with E-state index >= 15 is 0 Å². The summed E-state index contributed by atoms with van der Waals surface area (Å²) in [7, 11) is 0. The van der Waals surface area contributed by atoms with Crippen molar-refractivity contribution in [2.45, 2.75) is 51.0 Å². The van der Waals surface area contributed by atoms with Gasteiger partial charge in [-0.1, -0.05) is 19.8 Å². The maximum absolute atomic E-state index is 11.5. The van der Waals surface area contributed by atoms with Crippen molar-refractivity contribution in [3.8, 4) is 0 Å². The summed E-state index contributed by atoms with van der Waals surface area (Å²) in [6.07, 6.45) is 6.29. The number of carboxylic acid groups (broad SMARTS) is 1. The van der Waals surface area contributed by atoms with Crippen molar-refractivity contribution in [2.75, 3.05) is 13.1 Å². The Morgan fingerprint density at radius 1 is 1.33 bits per heavy atom. The lowest BCUT2D eigenvalue weighted by Crippen LogP contribution is -2.55. The Hall–Kier alpha value is -0.570. The van der Waals surface area contributed by atoms with Gasteiger partial charge < -0.3 is 5.11 Å². The zero-order valence-electron chi connectivity index (χ0n) is 9.54. The van der Waals surface area contributed by atoms with E-state index in [0.29, 0.717) is 5.92 Å². The van der Waals surface area contributed by atoms with E-state index in [0.717, 1.165) is 45.2 Å². The van der Waals surface area contributed by atoms with Crippen LogP contribution in [0, 0.1) is 5.92 Å². The van der Waals surface area contributed by atoms with Gasteiger partial charge in [-0.25, -0.2) is 0 Å². The fraction of sp³-hybridized carbons (Fsp3) is 0.917. The molecule has 1 heterocycles. The molecule has 2 rings (SSSR count). The van der Waals surface area contributed by atoms with Crippen molar-refractivity contribution in [1.29, 1.82) is 0 Å². The third-order valence-corrected chi connectivity index (χ3v) is 4.09. The van der Waals surface area contributed by atoms with Crippen molar-refractivity contribution in [3.05, 3.63) is 0 Å². The standard InChI is InChI=1S/C12H21NO2/c1-10-5-4-8-13(9-10)12(11(14)15)6-2-3-7-12/h10H,2-9H2,1H3,(H,14,15). The molecule has 1 atom stereocenters. The second-order valence-electron chi connectivity index (χ2n) is 5.24. The predicted molar refractivity (Wildman–Crippen MR) is 58.8 cm³/mol. The lowest BCUT2D eigenvalue weighted by Gasteiger charge is -2.42. The molecule has 0 aromatic carbocycles. The van der Waals surface area contributed by atoms with E-state index < -0.39 is 11.5 Å². The Labute approximate surface area is 91.5 Å². The topological polar surface area (TPSA) is 40.5 Å².